The topological polar surface area (TPSA) is 121 Å². The van der Waals surface area contributed by atoms with Gasteiger partial charge in [-0.15, -0.1) is 0 Å². The second-order valence-corrected chi connectivity index (χ2v) is 6.92. The fraction of sp³-hybridized carbons (Fsp3) is 0.130. The van der Waals surface area contributed by atoms with Gasteiger partial charge in [-0.1, -0.05) is 24.3 Å². The first-order chi connectivity index (χ1) is 15.0. The summed E-state index contributed by atoms with van der Waals surface area (Å²) in [6, 6.07) is 13.2. The van der Waals surface area contributed by atoms with Crippen LogP contribution in [0.1, 0.15) is 19.4 Å². The van der Waals surface area contributed by atoms with Crippen LogP contribution in [0.15, 0.2) is 59.2 Å². The fourth-order valence-electron chi connectivity index (χ4n) is 3.26. The summed E-state index contributed by atoms with van der Waals surface area (Å²) in [5, 5.41) is 9.11. The number of fused-ring (bicyclic) bond motifs is 1. The number of aromatic nitrogens is 4. The Hall–Kier alpha value is -4.20. The van der Waals surface area contributed by atoms with Gasteiger partial charge in [0.05, 0.1) is 18.5 Å². The molecule has 2 heterocycles. The Morgan fingerprint density at radius 3 is 2.77 bits per heavy atom. The van der Waals surface area contributed by atoms with Crippen molar-refractivity contribution in [2.24, 2.45) is 0 Å². The fourth-order valence-corrected chi connectivity index (χ4v) is 3.26. The van der Waals surface area contributed by atoms with Gasteiger partial charge in [-0.25, -0.2) is 14.8 Å². The molecule has 0 aliphatic carbocycles. The van der Waals surface area contributed by atoms with Gasteiger partial charge >= 0.3 is 5.97 Å². The number of aromatic amines is 2. The molecule has 0 aliphatic rings. The number of rotatable bonds is 6. The van der Waals surface area contributed by atoms with Crippen molar-refractivity contribution in [1.29, 1.82) is 0 Å². The number of benzene rings is 2. The standard InChI is InChI=1S/C23H20N4O4/c1-3-31-18-11-16(15-6-4-5-14(10-15)9-13(2)23(29)30)7-8-17(18)20-26-21-19(22(28)27-20)24-12-25-21/h4-12H,3H2,1-2H3,(H,29,30)(H2,24,25,26,27,28)/b13-9+. The molecule has 8 nitrogen and oxygen atoms in total. The molecule has 0 fully saturated rings. The third-order valence-electron chi connectivity index (χ3n) is 4.77. The highest BCUT2D eigenvalue weighted by Gasteiger charge is 2.14. The molecule has 0 bridgehead atoms. The van der Waals surface area contributed by atoms with Crippen LogP contribution in [0.3, 0.4) is 0 Å². The average Bonchev–Trinajstić information content (AvgIpc) is 3.23. The van der Waals surface area contributed by atoms with Crippen molar-refractivity contribution < 1.29 is 14.6 Å². The number of carboxylic acid groups (broad SMARTS) is 1. The minimum Gasteiger partial charge on any atom is -0.493 e. The normalized spacial score (nSPS) is 11.6. The Balaban J connectivity index is 1.78. The molecule has 4 aromatic rings. The van der Waals surface area contributed by atoms with Crippen LogP contribution in [0, 0.1) is 0 Å². The molecule has 0 aliphatic heterocycles. The van der Waals surface area contributed by atoms with Gasteiger partial charge in [0.2, 0.25) is 0 Å². The second kappa shape index (κ2) is 8.27. The summed E-state index contributed by atoms with van der Waals surface area (Å²) in [6.45, 7) is 3.87. The zero-order valence-corrected chi connectivity index (χ0v) is 17.0. The molecule has 0 saturated heterocycles. The van der Waals surface area contributed by atoms with E-state index in [0.717, 1.165) is 16.7 Å². The second-order valence-electron chi connectivity index (χ2n) is 6.92. The summed E-state index contributed by atoms with van der Waals surface area (Å²) < 4.78 is 5.83. The number of carboxylic acids is 1. The summed E-state index contributed by atoms with van der Waals surface area (Å²) in [6.07, 6.45) is 3.05. The van der Waals surface area contributed by atoms with E-state index in [2.05, 4.69) is 19.9 Å². The van der Waals surface area contributed by atoms with Gasteiger partial charge in [-0.05, 0) is 54.8 Å². The Morgan fingerprint density at radius 1 is 1.19 bits per heavy atom. The lowest BCUT2D eigenvalue weighted by Crippen LogP contribution is -2.10. The van der Waals surface area contributed by atoms with Crippen LogP contribution in [0.4, 0.5) is 0 Å². The van der Waals surface area contributed by atoms with Crippen LogP contribution in [0.25, 0.3) is 39.8 Å². The molecule has 0 atom stereocenters. The number of ether oxygens (including phenoxy) is 1. The number of nitrogens with one attached hydrogen (secondary N) is 2. The van der Waals surface area contributed by atoms with E-state index in [-0.39, 0.29) is 11.1 Å². The van der Waals surface area contributed by atoms with Gasteiger partial charge in [0.15, 0.2) is 11.2 Å². The van der Waals surface area contributed by atoms with Crippen LogP contribution in [0.5, 0.6) is 5.75 Å². The van der Waals surface area contributed by atoms with Crippen molar-refractivity contribution in [3.63, 3.8) is 0 Å². The third kappa shape index (κ3) is 4.09. The number of hydrogen-bond donors (Lipinski definition) is 3. The average molecular weight is 416 g/mol. The SMILES string of the molecule is CCOc1cc(-c2cccc(/C=C(\C)C(=O)O)c2)ccc1-c1nc2nc[nH]c2c(=O)[nH]1. The van der Waals surface area contributed by atoms with Crippen molar-refractivity contribution in [3.8, 4) is 28.3 Å². The van der Waals surface area contributed by atoms with Gasteiger partial charge in [0.1, 0.15) is 11.6 Å². The molecule has 0 radical (unpaired) electrons. The van der Waals surface area contributed by atoms with E-state index in [1.54, 1.807) is 13.0 Å². The van der Waals surface area contributed by atoms with Gasteiger partial charge in [-0.3, -0.25) is 4.79 Å². The maximum atomic E-state index is 12.3. The lowest BCUT2D eigenvalue weighted by molar-refractivity contribution is -0.132. The van der Waals surface area contributed by atoms with Crippen molar-refractivity contribution >= 4 is 23.2 Å². The molecular formula is C23H20N4O4. The van der Waals surface area contributed by atoms with Crippen LogP contribution in [0.2, 0.25) is 0 Å². The predicted octanol–water partition coefficient (Wildman–Crippen LogP) is 3.87. The lowest BCUT2D eigenvalue weighted by Gasteiger charge is -2.12. The van der Waals surface area contributed by atoms with Gasteiger partial charge in [0, 0.05) is 5.57 Å². The third-order valence-corrected chi connectivity index (χ3v) is 4.77. The number of nitrogens with zero attached hydrogens (tertiary/aromatic N) is 2. The van der Waals surface area contributed by atoms with Crippen molar-refractivity contribution in [1.82, 2.24) is 19.9 Å². The summed E-state index contributed by atoms with van der Waals surface area (Å²) in [7, 11) is 0. The molecule has 31 heavy (non-hydrogen) atoms. The van der Waals surface area contributed by atoms with Crippen LogP contribution < -0.4 is 10.3 Å². The monoisotopic (exact) mass is 416 g/mol. The van der Waals surface area contributed by atoms with Crippen molar-refractivity contribution in [2.75, 3.05) is 6.61 Å². The largest absolute Gasteiger partial charge is 0.493 e. The summed E-state index contributed by atoms with van der Waals surface area (Å²) in [5.41, 5.74) is 3.82. The molecule has 0 spiro atoms. The Labute approximate surface area is 177 Å². The van der Waals surface area contributed by atoms with Crippen molar-refractivity contribution in [2.45, 2.75) is 13.8 Å². The molecule has 4 rings (SSSR count). The molecule has 156 valence electrons. The Bertz CT molecular complexity index is 1370. The van der Waals surface area contributed by atoms with E-state index in [9.17, 15) is 9.59 Å². The van der Waals surface area contributed by atoms with E-state index in [4.69, 9.17) is 9.84 Å². The Morgan fingerprint density at radius 2 is 2.00 bits per heavy atom. The van der Waals surface area contributed by atoms with Gasteiger partial charge < -0.3 is 19.8 Å². The summed E-state index contributed by atoms with van der Waals surface area (Å²) >= 11 is 0. The number of hydrogen-bond acceptors (Lipinski definition) is 5. The first-order valence-corrected chi connectivity index (χ1v) is 9.69. The predicted molar refractivity (Wildman–Crippen MR) is 118 cm³/mol. The molecule has 8 heteroatoms. The van der Waals surface area contributed by atoms with E-state index in [0.29, 0.717) is 34.9 Å². The van der Waals surface area contributed by atoms with E-state index < -0.39 is 5.97 Å². The van der Waals surface area contributed by atoms with Gasteiger partial charge in [0.25, 0.3) is 5.56 Å². The number of imidazole rings is 1. The Kier molecular flexibility index (Phi) is 5.36. The first kappa shape index (κ1) is 20.1. The smallest absolute Gasteiger partial charge is 0.331 e. The van der Waals surface area contributed by atoms with E-state index >= 15 is 0 Å². The van der Waals surface area contributed by atoms with Gasteiger partial charge in [-0.2, -0.15) is 0 Å². The number of aliphatic carboxylic acids is 1. The molecule has 3 N–H and O–H groups in total. The molecule has 0 saturated carbocycles. The van der Waals surface area contributed by atoms with Crippen LogP contribution in [-0.4, -0.2) is 37.6 Å². The zero-order chi connectivity index (χ0) is 22.0. The molecular weight excluding hydrogens is 396 g/mol. The molecule has 0 amide bonds. The summed E-state index contributed by atoms with van der Waals surface area (Å²) in [4.78, 5) is 37.5. The number of carbonyl (C=O) groups is 1. The maximum absolute atomic E-state index is 12.3. The van der Waals surface area contributed by atoms with E-state index in [1.165, 1.54) is 6.33 Å². The van der Waals surface area contributed by atoms with Crippen LogP contribution in [-0.2, 0) is 4.79 Å². The highest BCUT2D eigenvalue weighted by Crippen LogP contribution is 2.33. The maximum Gasteiger partial charge on any atom is 0.331 e. The summed E-state index contributed by atoms with van der Waals surface area (Å²) in [5.74, 6) is -0.0159. The number of H-pyrrole nitrogens is 2. The van der Waals surface area contributed by atoms with Crippen molar-refractivity contribution in [3.05, 3.63) is 70.3 Å². The zero-order valence-electron chi connectivity index (χ0n) is 17.0. The highest BCUT2D eigenvalue weighted by molar-refractivity contribution is 5.91. The minimum atomic E-state index is -0.955. The molecule has 2 aromatic carbocycles. The lowest BCUT2D eigenvalue weighted by atomic mass is 10.00. The molecule has 2 aromatic heterocycles. The quantitative estimate of drug-likeness (QED) is 0.410. The minimum absolute atomic E-state index is 0.256. The molecule has 0 unspecified atom stereocenters. The first-order valence-electron chi connectivity index (χ1n) is 9.69. The van der Waals surface area contributed by atoms with Crippen LogP contribution >= 0.6 is 0 Å². The highest BCUT2D eigenvalue weighted by atomic mass is 16.5. The van der Waals surface area contributed by atoms with E-state index in [1.807, 2.05) is 49.4 Å².